The minimum absolute atomic E-state index is 0.0802. The van der Waals surface area contributed by atoms with Crippen molar-refractivity contribution in [3.63, 3.8) is 0 Å². The summed E-state index contributed by atoms with van der Waals surface area (Å²) in [7, 11) is 0. The second kappa shape index (κ2) is 3.80. The van der Waals surface area contributed by atoms with Crippen LogP contribution in [0.25, 0.3) is 0 Å². The van der Waals surface area contributed by atoms with Gasteiger partial charge in [0, 0.05) is 0 Å². The first-order chi connectivity index (χ1) is 6.60. The van der Waals surface area contributed by atoms with Gasteiger partial charge in [0.2, 0.25) is 0 Å². The second-order valence-electron chi connectivity index (χ2n) is 2.69. The predicted molar refractivity (Wildman–Crippen MR) is 36.1 cm³/mol. The third kappa shape index (κ3) is 3.21. The Morgan fingerprint density at radius 2 is 1.07 bits per heavy atom. The molecule has 0 aliphatic heterocycles. The molecule has 1 aromatic rings. The maximum absolute atomic E-state index is 12.2. The number of hydrogen-bond donors (Lipinski definition) is 0. The van der Waals surface area contributed by atoms with Gasteiger partial charge in [0.05, 0.1) is 0 Å². The molecule has 0 N–H and O–H groups in total. The zero-order chi connectivity index (χ0) is 11.9. The van der Waals surface area contributed by atoms with Crippen LogP contribution in [0.3, 0.4) is 0 Å². The SMILES string of the molecule is FC(F)(F)c1c[c]([Pd])cc(C(F)(F)F)c1. The second-order valence-corrected chi connectivity index (χ2v) is 3.59. The summed E-state index contributed by atoms with van der Waals surface area (Å²) in [5, 5.41) is 0. The predicted octanol–water partition coefficient (Wildman–Crippen LogP) is 2.90. The number of halogens is 6. The standard InChI is InChI=1S/C8H3F6.Pd/c9-7(10,11)5-2-1-3-6(4-5)8(12,13)14;/h2-4H;. The maximum atomic E-state index is 12.2. The fourth-order valence-electron chi connectivity index (χ4n) is 0.898. The Bertz CT molecular complexity index is 332. The molecule has 0 aliphatic rings. The Hall–Kier alpha value is -0.538. The van der Waals surface area contributed by atoms with Crippen LogP contribution in [0.4, 0.5) is 26.3 Å². The number of hydrogen-bond acceptors (Lipinski definition) is 0. The van der Waals surface area contributed by atoms with E-state index < -0.39 is 23.5 Å². The van der Waals surface area contributed by atoms with Crippen LogP contribution in [-0.2, 0) is 31.6 Å². The average Bonchev–Trinajstić information content (AvgIpc) is 1.99. The zero-order valence-corrected chi connectivity index (χ0v) is 8.37. The molecule has 0 heterocycles. The van der Waals surface area contributed by atoms with Gasteiger partial charge >= 0.3 is 91.3 Å². The van der Waals surface area contributed by atoms with Crippen LogP contribution in [0, 0.1) is 0 Å². The molecule has 7 heteroatoms. The molecule has 0 amide bonds. The first-order valence-electron chi connectivity index (χ1n) is 3.52. The third-order valence-corrected chi connectivity index (χ3v) is 1.98. The van der Waals surface area contributed by atoms with E-state index in [-0.39, 0.29) is 10.1 Å². The fraction of sp³-hybridized carbons (Fsp3) is 0.250. The fourth-order valence-corrected chi connectivity index (χ4v) is 1.38. The van der Waals surface area contributed by atoms with Crippen molar-refractivity contribution >= 4 is 4.04 Å². The minimum atomic E-state index is -4.78. The molecule has 0 aromatic heterocycles. The van der Waals surface area contributed by atoms with Crippen molar-refractivity contribution in [2.45, 2.75) is 12.4 Å². The van der Waals surface area contributed by atoms with Crippen molar-refractivity contribution < 1.29 is 45.5 Å². The number of benzene rings is 1. The van der Waals surface area contributed by atoms with Gasteiger partial charge in [0.15, 0.2) is 0 Å². The summed E-state index contributed by atoms with van der Waals surface area (Å²) in [5.41, 5.74) is -2.64. The molecule has 0 fully saturated rings. The van der Waals surface area contributed by atoms with Crippen molar-refractivity contribution in [3.8, 4) is 0 Å². The molecule has 87 valence electrons. The molecule has 15 heavy (non-hydrogen) atoms. The van der Waals surface area contributed by atoms with Crippen LogP contribution < -0.4 is 4.04 Å². The molecule has 1 aromatic carbocycles. The molecule has 0 nitrogen and oxygen atoms in total. The van der Waals surface area contributed by atoms with E-state index in [1.165, 1.54) is 0 Å². The van der Waals surface area contributed by atoms with Gasteiger partial charge in [-0.25, -0.2) is 0 Å². The number of alkyl halides is 6. The van der Waals surface area contributed by atoms with Gasteiger partial charge in [0.25, 0.3) is 0 Å². The van der Waals surface area contributed by atoms with Gasteiger partial charge < -0.3 is 0 Å². The summed E-state index contributed by atoms with van der Waals surface area (Å²) in [6, 6.07) is 1.30. The molecule has 0 bridgehead atoms. The molecule has 0 saturated heterocycles. The molecule has 1 rings (SSSR count). The monoisotopic (exact) mass is 319 g/mol. The topological polar surface area (TPSA) is 0 Å². The van der Waals surface area contributed by atoms with Crippen molar-refractivity contribution in [2.75, 3.05) is 0 Å². The Kier molecular flexibility index (Phi) is 3.17. The molecule has 0 aliphatic carbocycles. The zero-order valence-electron chi connectivity index (χ0n) is 6.82. The van der Waals surface area contributed by atoms with Crippen LogP contribution >= 0.6 is 0 Å². The Morgan fingerprint density at radius 3 is 1.33 bits per heavy atom. The van der Waals surface area contributed by atoms with Crippen LogP contribution in [-0.4, -0.2) is 0 Å². The van der Waals surface area contributed by atoms with Crippen LogP contribution in [0.1, 0.15) is 11.1 Å². The van der Waals surface area contributed by atoms with Gasteiger partial charge in [-0.15, -0.1) is 0 Å². The molecule has 0 saturated carbocycles. The Balaban J connectivity index is 3.30. The van der Waals surface area contributed by atoms with Crippen molar-refractivity contribution in [1.29, 1.82) is 0 Å². The van der Waals surface area contributed by atoms with E-state index in [1.807, 2.05) is 0 Å². The van der Waals surface area contributed by atoms with E-state index in [4.69, 9.17) is 0 Å². The van der Waals surface area contributed by atoms with Crippen LogP contribution in [0.15, 0.2) is 18.2 Å². The molecule has 0 atom stereocenters. The molecule has 0 unspecified atom stereocenters. The average molecular weight is 320 g/mol. The van der Waals surface area contributed by atoms with Crippen molar-refractivity contribution in [3.05, 3.63) is 29.3 Å². The Morgan fingerprint density at radius 1 is 0.733 bits per heavy atom. The van der Waals surface area contributed by atoms with E-state index >= 15 is 0 Å². The van der Waals surface area contributed by atoms with Gasteiger partial charge in [-0.1, -0.05) is 0 Å². The van der Waals surface area contributed by atoms with Gasteiger partial charge in [-0.3, -0.25) is 0 Å². The van der Waals surface area contributed by atoms with Gasteiger partial charge in [0.1, 0.15) is 0 Å². The van der Waals surface area contributed by atoms with Crippen LogP contribution in [0.2, 0.25) is 0 Å². The molecule has 0 radical (unpaired) electrons. The van der Waals surface area contributed by atoms with Crippen molar-refractivity contribution in [1.82, 2.24) is 0 Å². The van der Waals surface area contributed by atoms with E-state index in [9.17, 15) is 26.3 Å². The summed E-state index contributed by atoms with van der Waals surface area (Å²) in [4.78, 5) is 0. The van der Waals surface area contributed by atoms with E-state index in [2.05, 4.69) is 19.2 Å². The van der Waals surface area contributed by atoms with E-state index in [0.717, 1.165) is 0 Å². The molecule has 0 spiro atoms. The van der Waals surface area contributed by atoms with E-state index in [1.54, 1.807) is 0 Å². The summed E-state index contributed by atoms with van der Waals surface area (Å²) in [6.07, 6.45) is -9.56. The normalized spacial score (nSPS) is 13.1. The summed E-state index contributed by atoms with van der Waals surface area (Å²) in [5.74, 6) is 0. The van der Waals surface area contributed by atoms with E-state index in [0.29, 0.717) is 12.1 Å². The Labute approximate surface area is 91.7 Å². The summed E-state index contributed by atoms with van der Waals surface area (Å²) in [6.45, 7) is 0. The number of rotatable bonds is 0. The summed E-state index contributed by atoms with van der Waals surface area (Å²) >= 11 is 2.32. The first-order valence-corrected chi connectivity index (χ1v) is 4.30. The quantitative estimate of drug-likeness (QED) is 0.509. The van der Waals surface area contributed by atoms with Gasteiger partial charge in [-0.2, -0.15) is 0 Å². The molecular formula is C8H3F6Pd. The molecular weight excluding hydrogens is 316 g/mol. The summed E-state index contributed by atoms with van der Waals surface area (Å²) < 4.78 is 72.7. The third-order valence-electron chi connectivity index (χ3n) is 1.53. The van der Waals surface area contributed by atoms with Crippen molar-refractivity contribution in [2.24, 2.45) is 0 Å². The van der Waals surface area contributed by atoms with Gasteiger partial charge in [-0.05, 0) is 0 Å². The first kappa shape index (κ1) is 12.5. The van der Waals surface area contributed by atoms with Crippen LogP contribution in [0.5, 0.6) is 0 Å².